The van der Waals surface area contributed by atoms with Crippen LogP contribution < -0.4 is 11.5 Å². The topological polar surface area (TPSA) is 109 Å². The summed E-state index contributed by atoms with van der Waals surface area (Å²) in [6.07, 6.45) is 4.29. The normalized spacial score (nSPS) is 11.7. The van der Waals surface area contributed by atoms with Gasteiger partial charge < -0.3 is 35.5 Å². The van der Waals surface area contributed by atoms with Gasteiger partial charge >= 0.3 is 0 Å². The molecule has 0 aromatic heterocycles. The molecule has 5 N–H and O–H groups in total. The fourth-order valence-corrected chi connectivity index (χ4v) is 6.01. The molecule has 0 unspecified atom stereocenters. The smallest absolute Gasteiger partial charge is 0.0724 e. The van der Waals surface area contributed by atoms with Gasteiger partial charge in [0, 0.05) is 40.0 Å². The number of rotatable bonds is 20. The third-order valence-electron chi connectivity index (χ3n) is 11.0. The van der Waals surface area contributed by atoms with Crippen molar-refractivity contribution in [2.24, 2.45) is 17.4 Å². The Hall–Kier alpha value is -4.72. The van der Waals surface area contributed by atoms with Gasteiger partial charge in [0.25, 0.3) is 0 Å². The average Bonchev–Trinajstić information content (AvgIpc) is 3.26. The van der Waals surface area contributed by atoms with Crippen LogP contribution in [0.5, 0.6) is 0 Å². The van der Waals surface area contributed by atoms with Crippen molar-refractivity contribution in [3.63, 3.8) is 0 Å². The van der Waals surface area contributed by atoms with Crippen LogP contribution in [0.15, 0.2) is 91.0 Å². The van der Waals surface area contributed by atoms with Crippen LogP contribution >= 0.6 is 0 Å². The standard InChI is InChI=1S/C53H65NO5.C5H13N/c1-10-50(2,3)57-38-44-20-11-41(12-21-44)17-26-47-35-48(27-18-42-13-22-45(23-14-42)39-58-52(6,7)30-33-55)37-49(36-47)28-19-43-15-24-46(25-16-43)40-59-53(8,9)31-34-56-51(4,5)29-32-54;1-5(2)3-4-6/h11-16,20-25,35-37,55H,10,29-34,38-40,54H2,1-9H3;5H,3-4,6H2,1-2H3. The van der Waals surface area contributed by atoms with E-state index in [9.17, 15) is 5.11 Å². The molecule has 0 bridgehead atoms. The quantitative estimate of drug-likeness (QED) is 0.0759. The second kappa shape index (κ2) is 27.0. The Morgan fingerprint density at radius 2 is 0.800 bits per heavy atom. The highest BCUT2D eigenvalue weighted by Crippen LogP contribution is 2.22. The van der Waals surface area contributed by atoms with Gasteiger partial charge in [0.05, 0.1) is 48.8 Å². The summed E-state index contributed by atoms with van der Waals surface area (Å²) in [6, 6.07) is 30.5. The van der Waals surface area contributed by atoms with E-state index in [4.69, 9.17) is 30.4 Å². The Kier molecular flexibility index (Phi) is 22.7. The molecule has 4 aromatic rings. The maximum atomic E-state index is 9.31. The van der Waals surface area contributed by atoms with E-state index in [-0.39, 0.29) is 29.0 Å². The van der Waals surface area contributed by atoms with E-state index < -0.39 is 0 Å². The van der Waals surface area contributed by atoms with E-state index in [1.54, 1.807) is 0 Å². The van der Waals surface area contributed by atoms with Gasteiger partial charge in [-0.25, -0.2) is 0 Å². The summed E-state index contributed by atoms with van der Waals surface area (Å²) in [4.78, 5) is 0. The van der Waals surface area contributed by atoms with Gasteiger partial charge in [0.1, 0.15) is 0 Å². The van der Waals surface area contributed by atoms with E-state index in [1.165, 1.54) is 0 Å². The zero-order valence-corrected chi connectivity index (χ0v) is 41.5. The number of hydrogen-bond acceptors (Lipinski definition) is 7. The second-order valence-electron chi connectivity index (χ2n) is 19.5. The molecule has 0 fully saturated rings. The van der Waals surface area contributed by atoms with Crippen molar-refractivity contribution in [3.05, 3.63) is 141 Å². The van der Waals surface area contributed by atoms with Crippen molar-refractivity contribution in [2.45, 2.75) is 150 Å². The summed E-state index contributed by atoms with van der Waals surface area (Å²) >= 11 is 0. The Morgan fingerprint density at radius 1 is 0.462 bits per heavy atom. The molecule has 4 aromatic carbocycles. The number of aliphatic hydroxyl groups is 1. The van der Waals surface area contributed by atoms with Crippen LogP contribution in [0.25, 0.3) is 0 Å². The van der Waals surface area contributed by atoms with Gasteiger partial charge in [0.2, 0.25) is 0 Å². The molecule has 0 amide bonds. The molecule has 0 aliphatic rings. The van der Waals surface area contributed by atoms with E-state index in [0.717, 1.165) is 88.2 Å². The van der Waals surface area contributed by atoms with Gasteiger partial charge in [-0.15, -0.1) is 0 Å². The van der Waals surface area contributed by atoms with Crippen LogP contribution in [0.1, 0.15) is 158 Å². The highest BCUT2D eigenvalue weighted by atomic mass is 16.5. The fourth-order valence-electron chi connectivity index (χ4n) is 6.01. The first kappa shape index (κ1) is 54.6. The lowest BCUT2D eigenvalue weighted by atomic mass is 10.0. The molecular weight excluding hydrogens is 805 g/mol. The monoisotopic (exact) mass is 883 g/mol. The number of ether oxygens (including phenoxy) is 4. The summed E-state index contributed by atoms with van der Waals surface area (Å²) in [5.74, 6) is 20.8. The number of aliphatic hydroxyl groups excluding tert-OH is 1. The summed E-state index contributed by atoms with van der Waals surface area (Å²) in [5, 5.41) is 9.31. The van der Waals surface area contributed by atoms with E-state index in [1.807, 2.05) is 80.6 Å². The van der Waals surface area contributed by atoms with Crippen LogP contribution in [-0.2, 0) is 38.8 Å². The SMILES string of the molecule is CC(C)CCN.CCC(C)(C)OCc1ccc(C#Cc2cc(C#Cc3ccc(COC(C)(C)CCO)cc3)cc(C#Cc3ccc(COC(C)(C)CCOC(C)(C)CCN)cc3)c2)cc1. The van der Waals surface area contributed by atoms with Crippen LogP contribution in [0, 0.1) is 41.4 Å². The molecule has 0 aliphatic carbocycles. The lowest BCUT2D eigenvalue weighted by Gasteiger charge is -2.29. The van der Waals surface area contributed by atoms with Crippen molar-refractivity contribution < 1.29 is 24.1 Å². The predicted octanol–water partition coefficient (Wildman–Crippen LogP) is 11.1. The molecule has 65 heavy (non-hydrogen) atoms. The number of hydrogen-bond donors (Lipinski definition) is 3. The van der Waals surface area contributed by atoms with Gasteiger partial charge in [0.15, 0.2) is 0 Å². The third kappa shape index (κ3) is 22.8. The molecule has 7 heteroatoms. The third-order valence-corrected chi connectivity index (χ3v) is 11.0. The Bertz CT molecular complexity index is 2200. The highest BCUT2D eigenvalue weighted by Gasteiger charge is 2.23. The lowest BCUT2D eigenvalue weighted by molar-refractivity contribution is -0.0792. The first-order chi connectivity index (χ1) is 30.7. The minimum Gasteiger partial charge on any atom is -0.396 e. The molecular formula is C58H78N2O5. The first-order valence-corrected chi connectivity index (χ1v) is 23.3. The lowest BCUT2D eigenvalue weighted by Crippen LogP contribution is -2.32. The van der Waals surface area contributed by atoms with Crippen molar-refractivity contribution in [1.29, 1.82) is 0 Å². The fraction of sp³-hybridized carbons (Fsp3) is 0.483. The van der Waals surface area contributed by atoms with Crippen LogP contribution in [-0.4, -0.2) is 53.8 Å². The van der Waals surface area contributed by atoms with Crippen molar-refractivity contribution >= 4 is 0 Å². The Labute approximate surface area is 393 Å². The second-order valence-corrected chi connectivity index (χ2v) is 19.5. The Balaban J connectivity index is 0.00000175. The van der Waals surface area contributed by atoms with E-state index in [0.29, 0.717) is 39.4 Å². The summed E-state index contributed by atoms with van der Waals surface area (Å²) in [6.45, 7) is 26.7. The minimum atomic E-state index is -0.388. The molecule has 0 heterocycles. The summed E-state index contributed by atoms with van der Waals surface area (Å²) in [5.41, 5.74) is 18.3. The van der Waals surface area contributed by atoms with Crippen molar-refractivity contribution in [2.75, 3.05) is 26.3 Å². The van der Waals surface area contributed by atoms with Crippen molar-refractivity contribution in [1.82, 2.24) is 0 Å². The highest BCUT2D eigenvalue weighted by molar-refractivity contribution is 5.55. The zero-order chi connectivity index (χ0) is 47.9. The number of nitrogens with two attached hydrogens (primary N) is 2. The average molecular weight is 883 g/mol. The summed E-state index contributed by atoms with van der Waals surface area (Å²) in [7, 11) is 0. The maximum Gasteiger partial charge on any atom is 0.0724 e. The molecule has 0 spiro atoms. The molecule has 4 rings (SSSR count). The molecule has 350 valence electrons. The molecule has 0 saturated carbocycles. The van der Waals surface area contributed by atoms with Crippen molar-refractivity contribution in [3.8, 4) is 35.5 Å². The number of benzene rings is 4. The Morgan fingerprint density at radius 3 is 1.11 bits per heavy atom. The van der Waals surface area contributed by atoms with Crippen LogP contribution in [0.2, 0.25) is 0 Å². The molecule has 0 saturated heterocycles. The molecule has 0 atom stereocenters. The minimum absolute atomic E-state index is 0.0946. The zero-order valence-electron chi connectivity index (χ0n) is 41.5. The van der Waals surface area contributed by atoms with E-state index >= 15 is 0 Å². The molecule has 0 radical (unpaired) electrons. The van der Waals surface area contributed by atoms with Crippen LogP contribution in [0.3, 0.4) is 0 Å². The largest absolute Gasteiger partial charge is 0.396 e. The van der Waals surface area contributed by atoms with Gasteiger partial charge in [-0.05, 0) is 178 Å². The van der Waals surface area contributed by atoms with Gasteiger partial charge in [-0.3, -0.25) is 0 Å². The first-order valence-electron chi connectivity index (χ1n) is 23.3. The molecule has 0 aliphatic heterocycles. The van der Waals surface area contributed by atoms with Gasteiger partial charge in [-0.1, -0.05) is 92.7 Å². The van der Waals surface area contributed by atoms with Gasteiger partial charge in [-0.2, -0.15) is 0 Å². The van der Waals surface area contributed by atoms with Crippen LogP contribution in [0.4, 0.5) is 0 Å². The predicted molar refractivity (Wildman–Crippen MR) is 269 cm³/mol. The molecule has 7 nitrogen and oxygen atoms in total. The maximum absolute atomic E-state index is 9.31. The summed E-state index contributed by atoms with van der Waals surface area (Å²) < 4.78 is 24.4. The van der Waals surface area contributed by atoms with E-state index in [2.05, 4.69) is 122 Å².